The summed E-state index contributed by atoms with van der Waals surface area (Å²) in [5.41, 5.74) is 33.7. The highest BCUT2D eigenvalue weighted by atomic mass is 19.1. The number of amides is 8. The molecule has 24 heteroatoms. The number of carbonyl (C=O) groups excluding carboxylic acids is 8. The van der Waals surface area contributed by atoms with Crippen LogP contribution in [0.4, 0.5) is 4.39 Å². The van der Waals surface area contributed by atoms with E-state index in [1.165, 1.54) is 38.1 Å². The quantitative estimate of drug-likeness (QED) is 0.0211. The molecule has 0 spiro atoms. The molecule has 19 N–H and O–H groups in total. The third-order valence-electron chi connectivity index (χ3n) is 10.5. The Kier molecular flexibility index (Phi) is 26.0. The van der Waals surface area contributed by atoms with Crippen LogP contribution in [0.5, 0.6) is 0 Å². The van der Waals surface area contributed by atoms with Crippen LogP contribution in [0.3, 0.4) is 0 Å². The average Bonchev–Trinajstić information content (AvgIpc) is 3.25. The Labute approximate surface area is 391 Å². The molecule has 0 radical (unpaired) electrons. The molecule has 0 aliphatic rings. The molecule has 0 heterocycles. The summed E-state index contributed by atoms with van der Waals surface area (Å²) >= 11 is 0. The highest BCUT2D eigenvalue weighted by Gasteiger charge is 2.35. The van der Waals surface area contributed by atoms with Crippen molar-refractivity contribution < 1.29 is 42.7 Å². The molecule has 1 aromatic rings. The van der Waals surface area contributed by atoms with Gasteiger partial charge in [0.15, 0.2) is 11.9 Å². The van der Waals surface area contributed by atoms with Crippen molar-refractivity contribution in [3.63, 3.8) is 0 Å². The molecule has 376 valence electrons. The van der Waals surface area contributed by atoms with Gasteiger partial charge in [-0.1, -0.05) is 53.2 Å². The van der Waals surface area contributed by atoms with Crippen molar-refractivity contribution in [2.45, 2.75) is 148 Å². The lowest BCUT2D eigenvalue weighted by molar-refractivity contribution is -0.136. The van der Waals surface area contributed by atoms with E-state index in [9.17, 15) is 42.7 Å². The smallest absolute Gasteiger partial charge is 0.243 e. The van der Waals surface area contributed by atoms with Gasteiger partial charge in [0.2, 0.25) is 47.3 Å². The average molecular weight is 948 g/mol. The number of halogens is 1. The van der Waals surface area contributed by atoms with Crippen molar-refractivity contribution in [1.82, 2.24) is 37.2 Å². The highest BCUT2D eigenvalue weighted by Crippen LogP contribution is 2.14. The number of hydrogen-bond donors (Lipinski definition) is 13. The number of nitrogens with one attached hydrogen (secondary N) is 7. The molecule has 0 aliphatic carbocycles. The summed E-state index contributed by atoms with van der Waals surface area (Å²) in [7, 11) is 0. The van der Waals surface area contributed by atoms with Gasteiger partial charge in [0.1, 0.15) is 48.1 Å². The van der Waals surface area contributed by atoms with Gasteiger partial charge in [-0.3, -0.25) is 48.3 Å². The fourth-order valence-electron chi connectivity index (χ4n) is 6.42. The number of hydrogen-bond acceptors (Lipinski definition) is 11. The van der Waals surface area contributed by atoms with Crippen LogP contribution < -0.4 is 71.6 Å². The van der Waals surface area contributed by atoms with Gasteiger partial charge in [-0.25, -0.2) is 4.39 Å². The van der Waals surface area contributed by atoms with Crippen LogP contribution in [0.25, 0.3) is 0 Å². The van der Waals surface area contributed by atoms with Crippen LogP contribution in [0, 0.1) is 17.7 Å². The van der Waals surface area contributed by atoms with Crippen LogP contribution in [0.15, 0.2) is 34.3 Å². The molecule has 0 bridgehead atoms. The van der Waals surface area contributed by atoms with Gasteiger partial charge in [0.25, 0.3) is 0 Å². The maximum atomic E-state index is 14.2. The summed E-state index contributed by atoms with van der Waals surface area (Å²) < 4.78 is 13.5. The third-order valence-corrected chi connectivity index (χ3v) is 10.5. The van der Waals surface area contributed by atoms with E-state index in [0.717, 1.165) is 0 Å². The Bertz CT molecular complexity index is 1870. The van der Waals surface area contributed by atoms with Gasteiger partial charge >= 0.3 is 0 Å². The first-order valence-corrected chi connectivity index (χ1v) is 22.4. The van der Waals surface area contributed by atoms with Gasteiger partial charge in [-0.2, -0.15) is 0 Å². The summed E-state index contributed by atoms with van der Waals surface area (Å²) in [5.74, 6) is -7.44. The van der Waals surface area contributed by atoms with Crippen LogP contribution in [0.2, 0.25) is 0 Å². The van der Waals surface area contributed by atoms with Crippen molar-refractivity contribution in [3.8, 4) is 0 Å². The topological polar surface area (TPSA) is 402 Å². The van der Waals surface area contributed by atoms with Crippen molar-refractivity contribution in [2.24, 2.45) is 56.2 Å². The first-order valence-electron chi connectivity index (χ1n) is 22.4. The number of carbonyl (C=O) groups is 8. The Morgan fingerprint density at radius 3 is 1.43 bits per heavy atom. The molecule has 23 nitrogen and oxygen atoms in total. The predicted molar refractivity (Wildman–Crippen MR) is 251 cm³/mol. The van der Waals surface area contributed by atoms with E-state index in [-0.39, 0.29) is 75.9 Å². The van der Waals surface area contributed by atoms with E-state index in [1.54, 1.807) is 20.8 Å². The Hall–Kier alpha value is -6.59. The number of benzene rings is 1. The van der Waals surface area contributed by atoms with Gasteiger partial charge in [-0.15, -0.1) is 0 Å². The van der Waals surface area contributed by atoms with E-state index >= 15 is 0 Å². The molecule has 0 aliphatic heterocycles. The molecular formula is C43H74FN15O8. The number of rotatable bonds is 30. The van der Waals surface area contributed by atoms with Crippen LogP contribution >= 0.6 is 0 Å². The van der Waals surface area contributed by atoms with E-state index in [0.29, 0.717) is 12.0 Å². The van der Waals surface area contributed by atoms with Crippen molar-refractivity contribution in [1.29, 1.82) is 0 Å². The van der Waals surface area contributed by atoms with Crippen LogP contribution in [0.1, 0.15) is 99.0 Å². The van der Waals surface area contributed by atoms with Gasteiger partial charge in [0, 0.05) is 19.5 Å². The van der Waals surface area contributed by atoms with Gasteiger partial charge < -0.3 is 71.6 Å². The maximum absolute atomic E-state index is 14.2. The fraction of sp³-hybridized carbons (Fsp3) is 0.628. The normalized spacial score (nSPS) is 15.0. The molecule has 8 amide bonds. The van der Waals surface area contributed by atoms with E-state index in [4.69, 9.17) is 34.4 Å². The molecule has 67 heavy (non-hydrogen) atoms. The molecule has 0 aromatic heterocycles. The van der Waals surface area contributed by atoms with E-state index in [2.05, 4.69) is 47.2 Å². The predicted octanol–water partition coefficient (Wildman–Crippen LogP) is -2.78. The Balaban J connectivity index is 3.47. The Morgan fingerprint density at radius 1 is 0.552 bits per heavy atom. The molecule has 9 atom stereocenters. The zero-order valence-corrected chi connectivity index (χ0v) is 39.7. The second kappa shape index (κ2) is 29.8. The van der Waals surface area contributed by atoms with Crippen LogP contribution in [-0.4, -0.2) is 121 Å². The van der Waals surface area contributed by atoms with E-state index in [1.807, 2.05) is 13.8 Å². The van der Waals surface area contributed by atoms with Crippen molar-refractivity contribution in [2.75, 3.05) is 13.1 Å². The lowest BCUT2D eigenvalue weighted by atomic mass is 9.95. The largest absolute Gasteiger partial charge is 0.370 e. The zero-order chi connectivity index (χ0) is 51.0. The number of guanidine groups is 2. The number of nitrogens with two attached hydrogens (primary N) is 6. The summed E-state index contributed by atoms with van der Waals surface area (Å²) in [6.07, 6.45) is 0.851. The highest BCUT2D eigenvalue weighted by molar-refractivity contribution is 5.97. The monoisotopic (exact) mass is 948 g/mol. The zero-order valence-electron chi connectivity index (χ0n) is 39.7. The number of primary amides is 1. The van der Waals surface area contributed by atoms with Crippen molar-refractivity contribution in [3.05, 3.63) is 35.6 Å². The maximum Gasteiger partial charge on any atom is 0.243 e. The summed E-state index contributed by atoms with van der Waals surface area (Å²) in [6, 6.07) is -4.03. The molecular weight excluding hydrogens is 874 g/mol. The molecule has 0 unspecified atom stereocenters. The van der Waals surface area contributed by atoms with Gasteiger partial charge in [-0.05, 0) is 81.9 Å². The summed E-state index contributed by atoms with van der Waals surface area (Å²) in [4.78, 5) is 115. The molecule has 0 saturated carbocycles. The van der Waals surface area contributed by atoms with Crippen molar-refractivity contribution >= 4 is 59.2 Å². The minimum atomic E-state index is -1.33. The standard InChI is InChI=1S/C43H74FN15O8/c1-8-23(5)33(41(67)57-31(34(46)60)21-26-14-16-27(44)17-15-26)59-40(66)32(20-22(3)4)58-39(65)30(13-11-19-52-43(49)50)56-38(64)29(12-10-18-51-42(47)48)55-37(63)28(9-2)54-36(62)25(7)53-35(61)24(6)45/h14-17,22-25,28-33H,8-13,18-21,45H2,1-7H3,(H2,46,60)(H,53,61)(H,54,62)(H,55,63)(H,56,64)(H,57,67)(H,58,65)(H,59,66)(H4,47,48,51)(H4,49,50,52)/t23-,24-,25-,28-,29-,30-,31-,32-,33-/m0/s1. The lowest BCUT2D eigenvalue weighted by Crippen LogP contribution is -2.61. The molecule has 1 aromatic carbocycles. The SMILES string of the molecule is CC[C@H](NC(=O)[C@H](C)NC(=O)[C@H](C)N)C(=O)N[C@@H](CCCN=C(N)N)C(=O)N[C@@H](CCCN=C(N)N)C(=O)N[C@@H](CC(C)C)C(=O)N[C@H](C(=O)N[C@@H](Cc1ccc(F)cc1)C(N)=O)[C@@H](C)CC. The molecule has 1 rings (SSSR count). The number of aliphatic imine (C=N–C) groups is 2. The number of nitrogens with zero attached hydrogens (tertiary/aromatic N) is 2. The lowest BCUT2D eigenvalue weighted by Gasteiger charge is -2.29. The van der Waals surface area contributed by atoms with Gasteiger partial charge in [0.05, 0.1) is 6.04 Å². The fourth-order valence-corrected chi connectivity index (χ4v) is 6.42. The minimum absolute atomic E-state index is 0.0279. The third kappa shape index (κ3) is 22.4. The van der Waals surface area contributed by atoms with E-state index < -0.39 is 107 Å². The first kappa shape index (κ1) is 58.4. The Morgan fingerprint density at radius 2 is 1.00 bits per heavy atom. The van der Waals surface area contributed by atoms with Crippen LogP contribution in [-0.2, 0) is 44.8 Å². The summed E-state index contributed by atoms with van der Waals surface area (Å²) in [5, 5.41) is 18.4. The second-order valence-corrected chi connectivity index (χ2v) is 16.9. The second-order valence-electron chi connectivity index (χ2n) is 16.9. The minimum Gasteiger partial charge on any atom is -0.370 e. The molecule has 0 fully saturated rings. The first-order chi connectivity index (χ1) is 31.4. The summed E-state index contributed by atoms with van der Waals surface area (Å²) in [6.45, 7) is 11.8. The molecule has 0 saturated heterocycles.